The molecule has 0 aliphatic rings. The Kier molecular flexibility index (Phi) is 7.96. The number of hydrogen-bond acceptors (Lipinski definition) is 4. The van der Waals surface area contributed by atoms with Gasteiger partial charge in [-0.1, -0.05) is 6.58 Å². The summed E-state index contributed by atoms with van der Waals surface area (Å²) in [5, 5.41) is 3.06. The zero-order valence-corrected chi connectivity index (χ0v) is 12.1. The van der Waals surface area contributed by atoms with Crippen molar-refractivity contribution in [1.82, 2.24) is 0 Å². The molecule has 1 aromatic rings. The molecule has 0 unspecified atom stereocenters. The van der Waals surface area contributed by atoms with Crippen molar-refractivity contribution in [2.75, 3.05) is 25.6 Å². The van der Waals surface area contributed by atoms with Gasteiger partial charge in [-0.15, -0.1) is 0 Å². The van der Waals surface area contributed by atoms with Gasteiger partial charge < -0.3 is 14.8 Å². The molecular weight excluding hydrogens is 254 g/mol. The van der Waals surface area contributed by atoms with Crippen LogP contribution in [0.25, 0.3) is 0 Å². The van der Waals surface area contributed by atoms with E-state index in [9.17, 15) is 4.79 Å². The fourth-order valence-corrected chi connectivity index (χ4v) is 1.70. The molecule has 0 saturated carbocycles. The van der Waals surface area contributed by atoms with Crippen molar-refractivity contribution < 1.29 is 14.3 Å². The molecule has 0 heterocycles. The largest absolute Gasteiger partial charge is 0.494 e. The summed E-state index contributed by atoms with van der Waals surface area (Å²) in [5.41, 5.74) is 1.08. The van der Waals surface area contributed by atoms with Crippen LogP contribution in [0.15, 0.2) is 36.9 Å². The maximum Gasteiger partial charge on any atom is 0.330 e. The number of anilines is 1. The lowest BCUT2D eigenvalue weighted by atomic mass is 10.2. The van der Waals surface area contributed by atoms with E-state index >= 15 is 0 Å². The summed E-state index contributed by atoms with van der Waals surface area (Å²) in [6.45, 7) is 4.53. The lowest BCUT2D eigenvalue weighted by Crippen LogP contribution is -2.02. The Morgan fingerprint density at radius 2 is 1.80 bits per heavy atom. The van der Waals surface area contributed by atoms with E-state index in [0.29, 0.717) is 13.2 Å². The van der Waals surface area contributed by atoms with Crippen LogP contribution in [-0.4, -0.2) is 26.2 Å². The Morgan fingerprint density at radius 3 is 2.40 bits per heavy atom. The number of hydrogen-bond donors (Lipinski definition) is 1. The van der Waals surface area contributed by atoms with Crippen molar-refractivity contribution in [3.8, 4) is 5.75 Å². The van der Waals surface area contributed by atoms with E-state index < -0.39 is 0 Å². The first kappa shape index (κ1) is 16.1. The molecule has 0 amide bonds. The highest BCUT2D eigenvalue weighted by Crippen LogP contribution is 2.15. The van der Waals surface area contributed by atoms with E-state index in [1.807, 2.05) is 31.3 Å². The quantitative estimate of drug-likeness (QED) is 0.404. The van der Waals surface area contributed by atoms with E-state index in [4.69, 9.17) is 9.47 Å². The second-order valence-corrected chi connectivity index (χ2v) is 4.41. The molecule has 0 bridgehead atoms. The maximum atomic E-state index is 10.8. The first-order chi connectivity index (χ1) is 9.76. The minimum absolute atomic E-state index is 0.349. The summed E-state index contributed by atoms with van der Waals surface area (Å²) < 4.78 is 10.5. The van der Waals surface area contributed by atoms with Crippen molar-refractivity contribution >= 4 is 11.7 Å². The van der Waals surface area contributed by atoms with E-state index in [1.54, 1.807) is 0 Å². The zero-order chi connectivity index (χ0) is 14.6. The third-order valence-corrected chi connectivity index (χ3v) is 2.86. The van der Waals surface area contributed by atoms with E-state index in [-0.39, 0.29) is 5.97 Å². The van der Waals surface area contributed by atoms with Gasteiger partial charge in [0.15, 0.2) is 0 Å². The Bertz CT molecular complexity index is 401. The molecule has 0 aromatic heterocycles. The van der Waals surface area contributed by atoms with E-state index in [2.05, 4.69) is 11.9 Å². The molecule has 0 spiro atoms. The molecular formula is C16H23NO3. The fourth-order valence-electron chi connectivity index (χ4n) is 1.70. The second kappa shape index (κ2) is 9.89. The van der Waals surface area contributed by atoms with Gasteiger partial charge in [-0.3, -0.25) is 0 Å². The van der Waals surface area contributed by atoms with Gasteiger partial charge in [-0.2, -0.15) is 0 Å². The zero-order valence-electron chi connectivity index (χ0n) is 12.1. The number of rotatable bonds is 10. The standard InChI is InChI=1S/C16H23NO3/c1-3-16(18)20-13-7-5-4-6-12-19-15-10-8-14(17-2)9-11-15/h3,8-11,17H,1,4-7,12-13H2,2H3. The Labute approximate surface area is 120 Å². The van der Waals surface area contributed by atoms with Crippen LogP contribution < -0.4 is 10.1 Å². The number of ether oxygens (including phenoxy) is 2. The molecule has 0 aliphatic heterocycles. The summed E-state index contributed by atoms with van der Waals surface area (Å²) in [6, 6.07) is 7.90. The highest BCUT2D eigenvalue weighted by Gasteiger charge is 1.97. The molecule has 0 atom stereocenters. The number of esters is 1. The molecule has 4 nitrogen and oxygen atoms in total. The highest BCUT2D eigenvalue weighted by atomic mass is 16.5. The number of carbonyl (C=O) groups excluding carboxylic acids is 1. The molecule has 0 aliphatic carbocycles. The average molecular weight is 277 g/mol. The predicted molar refractivity (Wildman–Crippen MR) is 81.1 cm³/mol. The van der Waals surface area contributed by atoms with Gasteiger partial charge in [-0.25, -0.2) is 4.79 Å². The van der Waals surface area contributed by atoms with Gasteiger partial charge in [0, 0.05) is 18.8 Å². The first-order valence-electron chi connectivity index (χ1n) is 6.96. The normalized spacial score (nSPS) is 9.85. The molecule has 1 rings (SSSR count). The van der Waals surface area contributed by atoms with Crippen LogP contribution in [0.1, 0.15) is 25.7 Å². The van der Waals surface area contributed by atoms with Gasteiger partial charge in [0.2, 0.25) is 0 Å². The van der Waals surface area contributed by atoms with Crippen LogP contribution in [-0.2, 0) is 9.53 Å². The molecule has 4 heteroatoms. The number of benzene rings is 1. The third-order valence-electron chi connectivity index (χ3n) is 2.86. The van der Waals surface area contributed by atoms with Crippen LogP contribution in [0.5, 0.6) is 5.75 Å². The molecule has 0 fully saturated rings. The SMILES string of the molecule is C=CC(=O)OCCCCCCOc1ccc(NC)cc1. The van der Waals surface area contributed by atoms with Gasteiger partial charge in [0.25, 0.3) is 0 Å². The minimum atomic E-state index is -0.349. The molecule has 0 saturated heterocycles. The molecule has 1 aromatic carbocycles. The molecule has 0 radical (unpaired) electrons. The lowest BCUT2D eigenvalue weighted by Gasteiger charge is -2.07. The minimum Gasteiger partial charge on any atom is -0.494 e. The van der Waals surface area contributed by atoms with Gasteiger partial charge in [-0.05, 0) is 49.9 Å². The van der Waals surface area contributed by atoms with Gasteiger partial charge in [0.1, 0.15) is 5.75 Å². The molecule has 20 heavy (non-hydrogen) atoms. The number of nitrogens with one attached hydrogen (secondary N) is 1. The van der Waals surface area contributed by atoms with Crippen molar-refractivity contribution in [2.24, 2.45) is 0 Å². The van der Waals surface area contributed by atoms with Crippen LogP contribution in [0.3, 0.4) is 0 Å². The predicted octanol–water partition coefficient (Wildman–Crippen LogP) is 3.40. The van der Waals surface area contributed by atoms with Gasteiger partial charge in [0.05, 0.1) is 13.2 Å². The lowest BCUT2D eigenvalue weighted by molar-refractivity contribution is -0.137. The molecule has 1 N–H and O–H groups in total. The second-order valence-electron chi connectivity index (χ2n) is 4.41. The fraction of sp³-hybridized carbons (Fsp3) is 0.438. The summed E-state index contributed by atoms with van der Waals surface area (Å²) in [4.78, 5) is 10.8. The number of carbonyl (C=O) groups is 1. The van der Waals surface area contributed by atoms with E-state index in [0.717, 1.165) is 37.1 Å². The summed E-state index contributed by atoms with van der Waals surface area (Å²) >= 11 is 0. The van der Waals surface area contributed by atoms with Crippen molar-refractivity contribution in [1.29, 1.82) is 0 Å². The highest BCUT2D eigenvalue weighted by molar-refractivity contribution is 5.81. The average Bonchev–Trinajstić information content (AvgIpc) is 2.50. The van der Waals surface area contributed by atoms with E-state index in [1.165, 1.54) is 6.08 Å². The summed E-state index contributed by atoms with van der Waals surface area (Å²) in [7, 11) is 1.89. The van der Waals surface area contributed by atoms with Crippen molar-refractivity contribution in [3.05, 3.63) is 36.9 Å². The number of unbranched alkanes of at least 4 members (excludes halogenated alkanes) is 3. The van der Waals surface area contributed by atoms with Crippen LogP contribution in [0, 0.1) is 0 Å². The van der Waals surface area contributed by atoms with Crippen LogP contribution in [0.2, 0.25) is 0 Å². The molecule has 110 valence electrons. The maximum absolute atomic E-state index is 10.8. The van der Waals surface area contributed by atoms with Gasteiger partial charge >= 0.3 is 5.97 Å². The Hall–Kier alpha value is -1.97. The first-order valence-corrected chi connectivity index (χ1v) is 6.96. The van der Waals surface area contributed by atoms with Crippen molar-refractivity contribution in [2.45, 2.75) is 25.7 Å². The van der Waals surface area contributed by atoms with Crippen LogP contribution >= 0.6 is 0 Å². The Morgan fingerprint density at radius 1 is 1.15 bits per heavy atom. The summed E-state index contributed by atoms with van der Waals surface area (Å²) in [6.07, 6.45) is 5.18. The third kappa shape index (κ3) is 6.83. The van der Waals surface area contributed by atoms with Crippen molar-refractivity contribution in [3.63, 3.8) is 0 Å². The Balaban J connectivity index is 1.99. The van der Waals surface area contributed by atoms with Crippen LogP contribution in [0.4, 0.5) is 5.69 Å². The topological polar surface area (TPSA) is 47.6 Å². The summed E-state index contributed by atoms with van der Waals surface area (Å²) in [5.74, 6) is 0.544. The smallest absolute Gasteiger partial charge is 0.330 e. The monoisotopic (exact) mass is 277 g/mol.